The molecule has 5 nitrogen and oxygen atoms in total. The summed E-state index contributed by atoms with van der Waals surface area (Å²) in [6.45, 7) is 1.58. The number of amides is 1. The Morgan fingerprint density at radius 3 is 2.65 bits per heavy atom. The van der Waals surface area contributed by atoms with Crippen LogP contribution in [0.2, 0.25) is 5.02 Å². The van der Waals surface area contributed by atoms with E-state index in [1.165, 1.54) is 19.2 Å². The molecule has 0 saturated carbocycles. The van der Waals surface area contributed by atoms with Gasteiger partial charge in [0.05, 0.1) is 23.6 Å². The van der Waals surface area contributed by atoms with Crippen molar-refractivity contribution in [1.29, 1.82) is 0 Å². The van der Waals surface area contributed by atoms with Gasteiger partial charge < -0.3 is 15.2 Å². The van der Waals surface area contributed by atoms with E-state index >= 15 is 0 Å². The molecule has 0 aliphatic rings. The normalized spacial score (nSPS) is 13.6. The van der Waals surface area contributed by atoms with E-state index in [2.05, 4.69) is 5.32 Å². The number of nitrogens with one attached hydrogen (secondary N) is 1. The Bertz CT molecular complexity index is 523. The molecule has 7 heteroatoms. The van der Waals surface area contributed by atoms with Gasteiger partial charge in [0.15, 0.2) is 0 Å². The highest BCUT2D eigenvalue weighted by Crippen LogP contribution is 2.17. The van der Waals surface area contributed by atoms with Crippen molar-refractivity contribution in [2.75, 3.05) is 13.7 Å². The van der Waals surface area contributed by atoms with Gasteiger partial charge in [-0.15, -0.1) is 0 Å². The third-order valence-corrected chi connectivity index (χ3v) is 2.89. The lowest BCUT2D eigenvalue weighted by atomic mass is 9.98. The zero-order valence-corrected chi connectivity index (χ0v) is 11.8. The van der Waals surface area contributed by atoms with Gasteiger partial charge >= 0.3 is 5.97 Å². The number of carbonyl (C=O) groups excluding carboxylic acids is 1. The minimum absolute atomic E-state index is 0.0277. The van der Waals surface area contributed by atoms with Gasteiger partial charge in [-0.05, 0) is 25.1 Å². The Kier molecular flexibility index (Phi) is 5.47. The monoisotopic (exact) mass is 303 g/mol. The van der Waals surface area contributed by atoms with Gasteiger partial charge in [0.2, 0.25) is 0 Å². The number of carbonyl (C=O) groups is 2. The molecule has 0 aliphatic heterocycles. The van der Waals surface area contributed by atoms with Crippen LogP contribution in [0.4, 0.5) is 4.39 Å². The first kappa shape index (κ1) is 16.4. The van der Waals surface area contributed by atoms with E-state index in [4.69, 9.17) is 21.4 Å². The van der Waals surface area contributed by atoms with Crippen molar-refractivity contribution >= 4 is 23.5 Å². The second kappa shape index (κ2) is 6.67. The number of aliphatic carboxylic acids is 1. The van der Waals surface area contributed by atoms with Crippen LogP contribution in [-0.2, 0) is 9.53 Å². The fourth-order valence-corrected chi connectivity index (χ4v) is 1.95. The Labute approximate surface area is 120 Å². The van der Waals surface area contributed by atoms with Gasteiger partial charge in [-0.2, -0.15) is 0 Å². The maximum Gasteiger partial charge on any atom is 0.305 e. The number of halogens is 2. The van der Waals surface area contributed by atoms with Gasteiger partial charge in [-0.3, -0.25) is 9.59 Å². The Morgan fingerprint density at radius 1 is 1.50 bits per heavy atom. The van der Waals surface area contributed by atoms with Gasteiger partial charge in [0, 0.05) is 12.7 Å². The molecule has 0 fully saturated rings. The van der Waals surface area contributed by atoms with Crippen molar-refractivity contribution < 1.29 is 23.8 Å². The molecule has 20 heavy (non-hydrogen) atoms. The molecule has 2 N–H and O–H groups in total. The molecule has 0 aromatic heterocycles. The average Bonchev–Trinajstić information content (AvgIpc) is 2.31. The summed E-state index contributed by atoms with van der Waals surface area (Å²) in [6, 6.07) is 3.52. The lowest BCUT2D eigenvalue weighted by Gasteiger charge is -2.28. The van der Waals surface area contributed by atoms with E-state index in [-0.39, 0.29) is 23.6 Å². The molecule has 0 bridgehead atoms. The van der Waals surface area contributed by atoms with Crippen molar-refractivity contribution in [3.8, 4) is 0 Å². The van der Waals surface area contributed by atoms with Crippen molar-refractivity contribution in [3.05, 3.63) is 34.6 Å². The highest BCUT2D eigenvalue weighted by molar-refractivity contribution is 6.31. The SMILES string of the molecule is COCC(C)(CC(=O)O)NC(=O)c1ccc(F)c(Cl)c1. The smallest absolute Gasteiger partial charge is 0.305 e. The predicted octanol–water partition coefficient (Wildman–Crippen LogP) is 2.09. The molecule has 1 aromatic rings. The highest BCUT2D eigenvalue weighted by Gasteiger charge is 2.30. The molecule has 0 saturated heterocycles. The van der Waals surface area contributed by atoms with Crippen LogP contribution in [-0.4, -0.2) is 36.2 Å². The summed E-state index contributed by atoms with van der Waals surface area (Å²) in [5, 5.41) is 11.2. The van der Waals surface area contributed by atoms with E-state index in [9.17, 15) is 14.0 Å². The van der Waals surface area contributed by atoms with Crippen LogP contribution in [0, 0.1) is 5.82 Å². The van der Waals surface area contributed by atoms with Crippen molar-refractivity contribution in [2.24, 2.45) is 0 Å². The zero-order valence-electron chi connectivity index (χ0n) is 11.1. The maximum absolute atomic E-state index is 13.0. The van der Waals surface area contributed by atoms with Crippen LogP contribution < -0.4 is 5.32 Å². The fraction of sp³-hybridized carbons (Fsp3) is 0.385. The minimum Gasteiger partial charge on any atom is -0.481 e. The third-order valence-electron chi connectivity index (χ3n) is 2.60. The van der Waals surface area contributed by atoms with Crippen molar-refractivity contribution in [1.82, 2.24) is 5.32 Å². The Balaban J connectivity index is 2.89. The number of carboxylic acids is 1. The molecule has 0 heterocycles. The molecule has 1 unspecified atom stereocenters. The molecule has 1 aromatic carbocycles. The number of benzene rings is 1. The largest absolute Gasteiger partial charge is 0.481 e. The van der Waals surface area contributed by atoms with Crippen LogP contribution in [0.25, 0.3) is 0 Å². The van der Waals surface area contributed by atoms with Crippen LogP contribution >= 0.6 is 11.6 Å². The van der Waals surface area contributed by atoms with Gasteiger partial charge in [0.25, 0.3) is 5.91 Å². The number of hydrogen-bond acceptors (Lipinski definition) is 3. The summed E-state index contributed by atoms with van der Waals surface area (Å²) in [5.74, 6) is -2.25. The maximum atomic E-state index is 13.0. The molecule has 0 aliphatic carbocycles. The zero-order chi connectivity index (χ0) is 15.3. The molecule has 110 valence electrons. The molecular formula is C13H15ClFNO4. The summed E-state index contributed by atoms with van der Waals surface area (Å²) < 4.78 is 18.0. The summed E-state index contributed by atoms with van der Waals surface area (Å²) >= 11 is 5.60. The first-order valence-corrected chi connectivity index (χ1v) is 6.13. The quantitative estimate of drug-likeness (QED) is 0.844. The Hall–Kier alpha value is -1.66. The van der Waals surface area contributed by atoms with Gasteiger partial charge in [-0.1, -0.05) is 11.6 Å². The first-order valence-electron chi connectivity index (χ1n) is 5.76. The number of rotatable bonds is 6. The molecular weight excluding hydrogens is 289 g/mol. The summed E-state index contributed by atoms with van der Waals surface area (Å²) in [6.07, 6.45) is -0.304. The van der Waals surface area contributed by atoms with Crippen LogP contribution in [0.5, 0.6) is 0 Å². The van der Waals surface area contributed by atoms with Crippen LogP contribution in [0.3, 0.4) is 0 Å². The van der Waals surface area contributed by atoms with E-state index in [1.807, 2.05) is 0 Å². The molecule has 1 atom stereocenters. The van der Waals surface area contributed by atoms with E-state index in [0.29, 0.717) is 0 Å². The van der Waals surface area contributed by atoms with Gasteiger partial charge in [-0.25, -0.2) is 4.39 Å². The van der Waals surface area contributed by atoms with Gasteiger partial charge in [0.1, 0.15) is 5.82 Å². The molecule has 1 amide bonds. The second-order valence-corrected chi connectivity index (χ2v) is 5.05. The summed E-state index contributed by atoms with van der Waals surface area (Å²) in [4.78, 5) is 22.9. The van der Waals surface area contributed by atoms with E-state index in [0.717, 1.165) is 6.07 Å². The van der Waals surface area contributed by atoms with Crippen LogP contribution in [0.15, 0.2) is 18.2 Å². The van der Waals surface area contributed by atoms with E-state index < -0.39 is 23.2 Å². The molecule has 0 spiro atoms. The minimum atomic E-state index is -1.07. The summed E-state index contributed by atoms with van der Waals surface area (Å²) in [5.41, 5.74) is -0.928. The number of carboxylic acid groups (broad SMARTS) is 1. The standard InChI is InChI=1S/C13H15ClFNO4/c1-13(7-20-2,6-11(17)18)16-12(19)8-3-4-10(15)9(14)5-8/h3-5H,6-7H2,1-2H3,(H,16,19)(H,17,18). The fourth-order valence-electron chi connectivity index (χ4n) is 1.77. The lowest BCUT2D eigenvalue weighted by molar-refractivity contribution is -0.139. The number of methoxy groups -OCH3 is 1. The predicted molar refractivity (Wildman–Crippen MR) is 71.4 cm³/mol. The molecule has 1 rings (SSSR count). The first-order chi connectivity index (χ1) is 9.27. The van der Waals surface area contributed by atoms with Crippen molar-refractivity contribution in [2.45, 2.75) is 18.9 Å². The molecule has 0 radical (unpaired) electrons. The highest BCUT2D eigenvalue weighted by atomic mass is 35.5. The van der Waals surface area contributed by atoms with Crippen LogP contribution in [0.1, 0.15) is 23.7 Å². The number of hydrogen-bond donors (Lipinski definition) is 2. The third kappa shape index (κ3) is 4.47. The van der Waals surface area contributed by atoms with Crippen molar-refractivity contribution in [3.63, 3.8) is 0 Å². The average molecular weight is 304 g/mol. The summed E-state index contributed by atoms with van der Waals surface area (Å²) in [7, 11) is 1.40. The second-order valence-electron chi connectivity index (χ2n) is 4.65. The van der Waals surface area contributed by atoms with E-state index in [1.54, 1.807) is 6.92 Å². The number of ether oxygens (including phenoxy) is 1. The lowest BCUT2D eigenvalue weighted by Crippen LogP contribution is -2.50. The topological polar surface area (TPSA) is 75.6 Å². The Morgan fingerprint density at radius 2 is 2.15 bits per heavy atom.